The molecule has 0 atom stereocenters. The molecule has 2 N–H and O–H groups in total. The Labute approximate surface area is 174 Å². The van der Waals surface area contributed by atoms with Gasteiger partial charge in [0.15, 0.2) is 0 Å². The van der Waals surface area contributed by atoms with Crippen LogP contribution in [-0.4, -0.2) is 36.5 Å². The molecule has 0 aliphatic carbocycles. The zero-order valence-corrected chi connectivity index (χ0v) is 16.6. The average molecular weight is 427 g/mol. The van der Waals surface area contributed by atoms with Crippen LogP contribution in [0.1, 0.15) is 11.3 Å². The minimum absolute atomic E-state index is 0.0842. The third-order valence-corrected chi connectivity index (χ3v) is 5.26. The molecule has 0 aliphatic rings. The number of nitrogens with one attached hydrogen (secondary N) is 2. The van der Waals surface area contributed by atoms with E-state index in [0.29, 0.717) is 28.0 Å². The minimum atomic E-state index is -0.318. The van der Waals surface area contributed by atoms with Crippen LogP contribution in [0, 0.1) is 0 Å². The molecule has 29 heavy (non-hydrogen) atoms. The number of rotatable bonds is 6. The summed E-state index contributed by atoms with van der Waals surface area (Å²) < 4.78 is 1.44. The largest absolute Gasteiger partial charge is 0.324 e. The van der Waals surface area contributed by atoms with Crippen LogP contribution in [0.2, 0.25) is 5.02 Å². The number of halogens is 1. The molecule has 146 valence electrons. The first kappa shape index (κ1) is 19.2. The molecule has 8 nitrogen and oxygen atoms in total. The number of amides is 1. The van der Waals surface area contributed by atoms with Crippen molar-refractivity contribution in [1.82, 2.24) is 24.8 Å². The smallest absolute Gasteiger partial charge is 0.274 e. The fourth-order valence-corrected chi connectivity index (χ4v) is 3.51. The number of fused-ring (bicyclic) bond motifs is 1. The monoisotopic (exact) mass is 426 g/mol. The maximum absolute atomic E-state index is 12.3. The molecule has 2 aromatic heterocycles. The highest BCUT2D eigenvalue weighted by molar-refractivity contribution is 7.99. The molecule has 0 spiro atoms. The number of aromatic nitrogens is 5. The molecule has 0 unspecified atom stereocenters. The fourth-order valence-electron chi connectivity index (χ4n) is 2.65. The molecule has 2 aromatic carbocycles. The number of carbonyl (C=O) groups is 1. The van der Waals surface area contributed by atoms with Gasteiger partial charge in [-0.2, -0.15) is 9.61 Å². The summed E-state index contributed by atoms with van der Waals surface area (Å²) in [5.41, 5.74) is 1.53. The van der Waals surface area contributed by atoms with Gasteiger partial charge in [0.05, 0.1) is 16.5 Å². The molecule has 0 radical (unpaired) electrons. The van der Waals surface area contributed by atoms with Gasteiger partial charge < -0.3 is 5.32 Å². The van der Waals surface area contributed by atoms with Crippen molar-refractivity contribution in [3.05, 3.63) is 81.2 Å². The first-order valence-electron chi connectivity index (χ1n) is 8.66. The highest BCUT2D eigenvalue weighted by atomic mass is 35.5. The summed E-state index contributed by atoms with van der Waals surface area (Å²) in [6.07, 6.45) is 0.376. The van der Waals surface area contributed by atoms with Crippen LogP contribution in [0.3, 0.4) is 0 Å². The predicted octanol–water partition coefficient (Wildman–Crippen LogP) is 2.79. The van der Waals surface area contributed by atoms with Gasteiger partial charge in [-0.25, -0.2) is 0 Å². The lowest BCUT2D eigenvalue weighted by Crippen LogP contribution is -2.19. The summed E-state index contributed by atoms with van der Waals surface area (Å²) in [5.74, 6) is 0.0653. The fraction of sp³-hybridized carbons (Fsp3) is 0.105. The predicted molar refractivity (Wildman–Crippen MR) is 111 cm³/mol. The lowest BCUT2D eigenvalue weighted by Gasteiger charge is -2.06. The maximum atomic E-state index is 12.3. The molecule has 2 heterocycles. The Balaban J connectivity index is 1.50. The van der Waals surface area contributed by atoms with E-state index in [0.717, 1.165) is 17.3 Å². The number of hydrogen-bond acceptors (Lipinski definition) is 6. The molecule has 0 saturated heterocycles. The van der Waals surface area contributed by atoms with Crippen LogP contribution in [0.15, 0.2) is 64.5 Å². The van der Waals surface area contributed by atoms with Crippen molar-refractivity contribution in [2.24, 2.45) is 0 Å². The zero-order chi connectivity index (χ0) is 20.2. The summed E-state index contributed by atoms with van der Waals surface area (Å²) in [5, 5.41) is 15.9. The summed E-state index contributed by atoms with van der Waals surface area (Å²) >= 11 is 7.21. The number of aromatic amines is 1. The molecule has 0 saturated carbocycles. The first-order valence-corrected chi connectivity index (χ1v) is 10.0. The average Bonchev–Trinajstić information content (AvgIpc) is 3.11. The molecule has 4 aromatic rings. The Hall–Kier alpha value is -3.17. The van der Waals surface area contributed by atoms with Gasteiger partial charge in [0.25, 0.3) is 11.3 Å². The second-order valence-corrected chi connectivity index (χ2v) is 7.45. The van der Waals surface area contributed by atoms with E-state index in [2.05, 4.69) is 25.6 Å². The minimum Gasteiger partial charge on any atom is -0.324 e. The van der Waals surface area contributed by atoms with E-state index in [9.17, 15) is 9.59 Å². The van der Waals surface area contributed by atoms with E-state index in [4.69, 9.17) is 11.6 Å². The van der Waals surface area contributed by atoms with Crippen molar-refractivity contribution >= 4 is 40.7 Å². The standard InChI is InChI=1S/C19H15ClN6O2S/c20-13-8-4-5-9-14(13)21-16(27)11-29-19-24-23-18-22-17(28)15(25-26(18)19)10-12-6-2-1-3-7-12/h1-9H,10-11H2,(H,21,27)(H,22,23,28). The van der Waals surface area contributed by atoms with Gasteiger partial charge in [-0.1, -0.05) is 65.8 Å². The highest BCUT2D eigenvalue weighted by Crippen LogP contribution is 2.21. The highest BCUT2D eigenvalue weighted by Gasteiger charge is 2.14. The summed E-state index contributed by atoms with van der Waals surface area (Å²) in [6, 6.07) is 16.6. The number of carbonyl (C=O) groups excluding carboxylic acids is 1. The van der Waals surface area contributed by atoms with E-state index in [1.54, 1.807) is 24.3 Å². The lowest BCUT2D eigenvalue weighted by atomic mass is 10.1. The second kappa shape index (κ2) is 8.46. The van der Waals surface area contributed by atoms with Crippen molar-refractivity contribution in [3.8, 4) is 0 Å². The van der Waals surface area contributed by atoms with E-state index in [-0.39, 0.29) is 23.0 Å². The van der Waals surface area contributed by atoms with Gasteiger partial charge in [0.1, 0.15) is 5.69 Å². The van der Waals surface area contributed by atoms with Gasteiger partial charge in [0, 0.05) is 6.42 Å². The zero-order valence-electron chi connectivity index (χ0n) is 15.0. The van der Waals surface area contributed by atoms with E-state index < -0.39 is 0 Å². The summed E-state index contributed by atoms with van der Waals surface area (Å²) in [6.45, 7) is 0. The van der Waals surface area contributed by atoms with Crippen molar-refractivity contribution in [1.29, 1.82) is 0 Å². The van der Waals surface area contributed by atoms with Crippen molar-refractivity contribution in [2.45, 2.75) is 11.6 Å². The second-order valence-electron chi connectivity index (χ2n) is 6.10. The third kappa shape index (κ3) is 4.47. The van der Waals surface area contributed by atoms with E-state index >= 15 is 0 Å². The van der Waals surface area contributed by atoms with Crippen molar-refractivity contribution in [2.75, 3.05) is 11.1 Å². The summed E-state index contributed by atoms with van der Waals surface area (Å²) in [7, 11) is 0. The van der Waals surface area contributed by atoms with E-state index in [1.165, 1.54) is 4.52 Å². The van der Waals surface area contributed by atoms with Crippen LogP contribution in [0.25, 0.3) is 5.78 Å². The van der Waals surface area contributed by atoms with Gasteiger partial charge >= 0.3 is 0 Å². The van der Waals surface area contributed by atoms with Crippen LogP contribution in [0.5, 0.6) is 0 Å². The Bertz CT molecular complexity index is 1220. The lowest BCUT2D eigenvalue weighted by molar-refractivity contribution is -0.113. The Morgan fingerprint density at radius 3 is 2.66 bits per heavy atom. The van der Waals surface area contributed by atoms with Gasteiger partial charge in [-0.15, -0.1) is 10.2 Å². The maximum Gasteiger partial charge on any atom is 0.274 e. The Morgan fingerprint density at radius 1 is 1.10 bits per heavy atom. The Morgan fingerprint density at radius 2 is 1.86 bits per heavy atom. The molecule has 1 amide bonds. The quantitative estimate of drug-likeness (QED) is 0.459. The molecule has 0 aliphatic heterocycles. The van der Waals surface area contributed by atoms with Crippen LogP contribution < -0.4 is 10.9 Å². The van der Waals surface area contributed by atoms with Gasteiger partial charge in [-0.3, -0.25) is 14.6 Å². The first-order chi connectivity index (χ1) is 14.1. The number of thioether (sulfide) groups is 1. The molecule has 10 heteroatoms. The molecular weight excluding hydrogens is 412 g/mol. The van der Waals surface area contributed by atoms with Crippen molar-refractivity contribution < 1.29 is 4.79 Å². The summed E-state index contributed by atoms with van der Waals surface area (Å²) in [4.78, 5) is 27.2. The number of anilines is 1. The number of H-pyrrole nitrogens is 1. The number of benzene rings is 2. The Kier molecular flexibility index (Phi) is 5.59. The van der Waals surface area contributed by atoms with Crippen LogP contribution in [-0.2, 0) is 11.2 Å². The number of nitrogens with zero attached hydrogens (tertiary/aromatic N) is 4. The molecule has 0 bridgehead atoms. The van der Waals surface area contributed by atoms with Crippen molar-refractivity contribution in [3.63, 3.8) is 0 Å². The molecular formula is C19H15ClN6O2S. The topological polar surface area (TPSA) is 105 Å². The van der Waals surface area contributed by atoms with Gasteiger partial charge in [-0.05, 0) is 17.7 Å². The third-order valence-electron chi connectivity index (χ3n) is 4.01. The molecule has 4 rings (SSSR count). The van der Waals surface area contributed by atoms with Crippen LogP contribution >= 0.6 is 23.4 Å². The van der Waals surface area contributed by atoms with Crippen LogP contribution in [0.4, 0.5) is 5.69 Å². The van der Waals surface area contributed by atoms with E-state index in [1.807, 2.05) is 30.3 Å². The number of hydrogen-bond donors (Lipinski definition) is 2. The van der Waals surface area contributed by atoms with Gasteiger partial charge in [0.2, 0.25) is 11.1 Å². The normalized spacial score (nSPS) is 10.9. The number of para-hydroxylation sites is 1. The SMILES string of the molecule is O=C(CSc1nnc2[nH]c(=O)c(Cc3ccccc3)nn12)Nc1ccccc1Cl. The molecule has 0 fully saturated rings.